The van der Waals surface area contributed by atoms with E-state index in [4.69, 9.17) is 4.74 Å². The summed E-state index contributed by atoms with van der Waals surface area (Å²) in [5.41, 5.74) is 1.27. The van der Waals surface area contributed by atoms with Crippen molar-refractivity contribution in [3.05, 3.63) is 18.2 Å². The van der Waals surface area contributed by atoms with Crippen molar-refractivity contribution in [3.63, 3.8) is 0 Å². The van der Waals surface area contributed by atoms with Crippen molar-refractivity contribution < 1.29 is 4.74 Å². The van der Waals surface area contributed by atoms with Crippen molar-refractivity contribution in [1.82, 2.24) is 14.9 Å². The second-order valence-electron chi connectivity index (χ2n) is 5.26. The van der Waals surface area contributed by atoms with Gasteiger partial charge < -0.3 is 14.6 Å². The minimum absolute atomic E-state index is 0.419. The molecule has 0 spiro atoms. The SMILES string of the molecule is c1ncn2c1CNC[C@H]2COCC1CCCC1. The van der Waals surface area contributed by atoms with E-state index < -0.39 is 0 Å². The van der Waals surface area contributed by atoms with Crippen LogP contribution >= 0.6 is 0 Å². The van der Waals surface area contributed by atoms with E-state index in [0.29, 0.717) is 6.04 Å². The first-order chi connectivity index (χ1) is 8.43. The van der Waals surface area contributed by atoms with Gasteiger partial charge in [-0.15, -0.1) is 0 Å². The predicted molar refractivity (Wildman–Crippen MR) is 65.7 cm³/mol. The van der Waals surface area contributed by atoms with Gasteiger partial charge in [-0.2, -0.15) is 0 Å². The number of aromatic nitrogens is 2. The Kier molecular flexibility index (Phi) is 3.43. The molecule has 1 aromatic heterocycles. The Hall–Kier alpha value is -0.870. The zero-order valence-corrected chi connectivity index (χ0v) is 10.3. The van der Waals surface area contributed by atoms with Gasteiger partial charge in [-0.3, -0.25) is 0 Å². The Labute approximate surface area is 102 Å². The zero-order valence-electron chi connectivity index (χ0n) is 10.3. The van der Waals surface area contributed by atoms with E-state index in [9.17, 15) is 0 Å². The lowest BCUT2D eigenvalue weighted by Gasteiger charge is -2.26. The fraction of sp³-hybridized carbons (Fsp3) is 0.769. The fourth-order valence-electron chi connectivity index (χ4n) is 2.95. The van der Waals surface area contributed by atoms with Gasteiger partial charge in [0.15, 0.2) is 0 Å². The molecule has 0 radical (unpaired) electrons. The maximum atomic E-state index is 5.89. The maximum Gasteiger partial charge on any atom is 0.0952 e. The molecule has 17 heavy (non-hydrogen) atoms. The normalized spacial score (nSPS) is 25.1. The molecule has 94 valence electrons. The smallest absolute Gasteiger partial charge is 0.0952 e. The van der Waals surface area contributed by atoms with Crippen molar-refractivity contribution in [2.24, 2.45) is 5.92 Å². The van der Waals surface area contributed by atoms with Crippen LogP contribution in [-0.2, 0) is 11.3 Å². The Morgan fingerprint density at radius 3 is 3.12 bits per heavy atom. The van der Waals surface area contributed by atoms with Crippen LogP contribution in [0.5, 0.6) is 0 Å². The lowest BCUT2D eigenvalue weighted by molar-refractivity contribution is 0.0714. The molecule has 0 bridgehead atoms. The average molecular weight is 235 g/mol. The summed E-state index contributed by atoms with van der Waals surface area (Å²) in [4.78, 5) is 4.21. The summed E-state index contributed by atoms with van der Waals surface area (Å²) in [6.45, 7) is 3.68. The molecule has 2 aliphatic rings. The van der Waals surface area contributed by atoms with Gasteiger partial charge in [0, 0.05) is 25.9 Å². The van der Waals surface area contributed by atoms with Crippen LogP contribution in [0.2, 0.25) is 0 Å². The van der Waals surface area contributed by atoms with E-state index in [1.54, 1.807) is 0 Å². The van der Waals surface area contributed by atoms with Gasteiger partial charge in [0.05, 0.1) is 24.7 Å². The first-order valence-electron chi connectivity index (χ1n) is 6.72. The molecule has 0 unspecified atom stereocenters. The van der Waals surface area contributed by atoms with Gasteiger partial charge in [0.25, 0.3) is 0 Å². The number of ether oxygens (including phenoxy) is 1. The number of imidazole rings is 1. The highest BCUT2D eigenvalue weighted by Gasteiger charge is 2.20. The first kappa shape index (κ1) is 11.2. The second-order valence-corrected chi connectivity index (χ2v) is 5.26. The molecule has 4 nitrogen and oxygen atoms in total. The number of rotatable bonds is 4. The second kappa shape index (κ2) is 5.19. The molecule has 4 heteroatoms. The molecular weight excluding hydrogens is 214 g/mol. The highest BCUT2D eigenvalue weighted by Crippen LogP contribution is 2.25. The summed E-state index contributed by atoms with van der Waals surface area (Å²) < 4.78 is 8.15. The fourth-order valence-corrected chi connectivity index (χ4v) is 2.95. The van der Waals surface area contributed by atoms with Gasteiger partial charge in [-0.1, -0.05) is 12.8 Å². The van der Waals surface area contributed by atoms with Gasteiger partial charge in [0.2, 0.25) is 0 Å². The maximum absolute atomic E-state index is 5.89. The lowest BCUT2D eigenvalue weighted by atomic mass is 10.1. The van der Waals surface area contributed by atoms with Crippen LogP contribution in [0.3, 0.4) is 0 Å². The minimum atomic E-state index is 0.419. The Balaban J connectivity index is 1.49. The molecule has 0 amide bonds. The van der Waals surface area contributed by atoms with Gasteiger partial charge in [-0.05, 0) is 18.8 Å². The minimum Gasteiger partial charge on any atom is -0.379 e. The molecule has 3 rings (SSSR count). The molecule has 1 saturated carbocycles. The van der Waals surface area contributed by atoms with Gasteiger partial charge >= 0.3 is 0 Å². The third-order valence-electron chi connectivity index (χ3n) is 3.96. The Bertz CT molecular complexity index is 357. The molecule has 0 saturated heterocycles. The molecule has 1 fully saturated rings. The van der Waals surface area contributed by atoms with Crippen LogP contribution in [-0.4, -0.2) is 29.3 Å². The van der Waals surface area contributed by atoms with Crippen LogP contribution in [0.25, 0.3) is 0 Å². The lowest BCUT2D eigenvalue weighted by Crippen LogP contribution is -2.35. The van der Waals surface area contributed by atoms with Crippen LogP contribution in [0.1, 0.15) is 37.4 Å². The van der Waals surface area contributed by atoms with Crippen molar-refractivity contribution in [1.29, 1.82) is 0 Å². The van der Waals surface area contributed by atoms with Crippen molar-refractivity contribution in [3.8, 4) is 0 Å². The predicted octanol–water partition coefficient (Wildman–Crippen LogP) is 1.73. The Morgan fingerprint density at radius 1 is 1.35 bits per heavy atom. The van der Waals surface area contributed by atoms with Crippen molar-refractivity contribution in [2.75, 3.05) is 19.8 Å². The summed E-state index contributed by atoms with van der Waals surface area (Å²) >= 11 is 0. The third-order valence-corrected chi connectivity index (χ3v) is 3.96. The molecular formula is C13H21N3O. The highest BCUT2D eigenvalue weighted by molar-refractivity contribution is 5.03. The van der Waals surface area contributed by atoms with E-state index in [0.717, 1.165) is 32.2 Å². The number of nitrogens with one attached hydrogen (secondary N) is 1. The molecule has 1 aliphatic carbocycles. The van der Waals surface area contributed by atoms with E-state index >= 15 is 0 Å². The number of hydrogen-bond donors (Lipinski definition) is 1. The van der Waals surface area contributed by atoms with Crippen LogP contribution < -0.4 is 5.32 Å². The Morgan fingerprint density at radius 2 is 2.24 bits per heavy atom. The van der Waals surface area contributed by atoms with E-state index in [2.05, 4.69) is 14.9 Å². The summed E-state index contributed by atoms with van der Waals surface area (Å²) in [5.74, 6) is 0.814. The first-order valence-corrected chi connectivity index (χ1v) is 6.72. The van der Waals surface area contributed by atoms with Crippen molar-refractivity contribution in [2.45, 2.75) is 38.3 Å². The number of fused-ring (bicyclic) bond motifs is 1. The molecule has 1 aliphatic heterocycles. The topological polar surface area (TPSA) is 39.1 Å². The van der Waals surface area contributed by atoms with Crippen LogP contribution in [0.4, 0.5) is 0 Å². The van der Waals surface area contributed by atoms with E-state index in [1.807, 2.05) is 12.5 Å². The molecule has 1 aromatic rings. The summed E-state index contributed by atoms with van der Waals surface area (Å²) in [5, 5.41) is 3.41. The molecule has 1 atom stereocenters. The van der Waals surface area contributed by atoms with Gasteiger partial charge in [0.1, 0.15) is 0 Å². The van der Waals surface area contributed by atoms with E-state index in [-0.39, 0.29) is 0 Å². The standard InChI is InChI=1S/C13H21N3O/c1-2-4-11(3-1)8-17-9-13-7-14-5-12-6-15-10-16(12)13/h6,10-11,13-14H,1-5,7-9H2/t13-/m0/s1. The average Bonchev–Trinajstić information content (AvgIpc) is 2.99. The van der Waals surface area contributed by atoms with Crippen LogP contribution in [0.15, 0.2) is 12.5 Å². The van der Waals surface area contributed by atoms with Crippen molar-refractivity contribution >= 4 is 0 Å². The summed E-state index contributed by atoms with van der Waals surface area (Å²) in [6, 6.07) is 0.419. The molecule has 0 aromatic carbocycles. The molecule has 2 heterocycles. The molecule has 1 N–H and O–H groups in total. The van der Waals surface area contributed by atoms with Gasteiger partial charge in [-0.25, -0.2) is 4.98 Å². The zero-order chi connectivity index (χ0) is 11.5. The number of nitrogens with zero attached hydrogens (tertiary/aromatic N) is 2. The third kappa shape index (κ3) is 2.53. The summed E-state index contributed by atoms with van der Waals surface area (Å²) in [7, 11) is 0. The summed E-state index contributed by atoms with van der Waals surface area (Å²) in [6.07, 6.45) is 9.38. The highest BCUT2D eigenvalue weighted by atomic mass is 16.5. The largest absolute Gasteiger partial charge is 0.379 e. The quantitative estimate of drug-likeness (QED) is 0.864. The van der Waals surface area contributed by atoms with E-state index in [1.165, 1.54) is 31.4 Å². The monoisotopic (exact) mass is 235 g/mol. The van der Waals surface area contributed by atoms with Crippen LogP contribution in [0, 0.1) is 5.92 Å². The number of hydrogen-bond acceptors (Lipinski definition) is 3.